The van der Waals surface area contributed by atoms with Crippen molar-refractivity contribution in [1.82, 2.24) is 4.57 Å². The molecule has 0 fully saturated rings. The van der Waals surface area contributed by atoms with Crippen molar-refractivity contribution in [2.75, 3.05) is 11.9 Å². The molecule has 2 N–H and O–H groups in total. The average Bonchev–Trinajstić information content (AvgIpc) is 3.40. The number of nitrogens with zero attached hydrogens (tertiary/aromatic N) is 1. The number of para-hydroxylation sites is 2. The Kier molecular flexibility index (Phi) is 8.78. The molecule has 1 aromatic heterocycles. The largest absolute Gasteiger partial charge is 0.491 e. The molecule has 42 heavy (non-hydrogen) atoms. The summed E-state index contributed by atoms with van der Waals surface area (Å²) in [6.07, 6.45) is 3.97. The minimum Gasteiger partial charge on any atom is -0.491 e. The average molecular weight is 563 g/mol. The fourth-order valence-corrected chi connectivity index (χ4v) is 4.98. The number of rotatable bonds is 11. The normalized spacial score (nSPS) is 12.2. The lowest BCUT2D eigenvalue weighted by atomic mass is 9.98. The van der Waals surface area contributed by atoms with Crippen molar-refractivity contribution < 1.29 is 23.8 Å². The maximum absolute atomic E-state index is 13.7. The van der Waals surface area contributed by atoms with Crippen LogP contribution in [0.1, 0.15) is 42.5 Å². The van der Waals surface area contributed by atoms with Gasteiger partial charge in [0.05, 0.1) is 18.3 Å². The van der Waals surface area contributed by atoms with E-state index in [-0.39, 0.29) is 30.8 Å². The minimum atomic E-state index is -0.876. The number of hydrogen-bond donors (Lipinski definition) is 2. The highest BCUT2D eigenvalue weighted by Gasteiger charge is 2.18. The van der Waals surface area contributed by atoms with Crippen LogP contribution >= 0.6 is 0 Å². The Balaban J connectivity index is 1.36. The van der Waals surface area contributed by atoms with E-state index < -0.39 is 5.97 Å². The summed E-state index contributed by atoms with van der Waals surface area (Å²) in [4.78, 5) is 23.7. The predicted octanol–water partition coefficient (Wildman–Crippen LogP) is 7.70. The number of carboxylic acid groups (broad SMARTS) is 1. The van der Waals surface area contributed by atoms with E-state index in [1.807, 2.05) is 61.7 Å². The Bertz CT molecular complexity index is 1730. The summed E-state index contributed by atoms with van der Waals surface area (Å²) in [7, 11) is 0. The van der Waals surface area contributed by atoms with Crippen molar-refractivity contribution in [3.05, 3.63) is 138 Å². The number of benzene rings is 4. The van der Waals surface area contributed by atoms with Crippen LogP contribution in [0.2, 0.25) is 0 Å². The number of halogens is 1. The molecule has 1 atom stereocenters. The summed E-state index contributed by atoms with van der Waals surface area (Å²) >= 11 is 0. The van der Waals surface area contributed by atoms with Crippen molar-refractivity contribution >= 4 is 34.0 Å². The van der Waals surface area contributed by atoms with E-state index in [4.69, 9.17) is 9.84 Å². The van der Waals surface area contributed by atoms with Crippen LogP contribution in [0.25, 0.3) is 16.5 Å². The van der Waals surface area contributed by atoms with E-state index in [1.165, 1.54) is 12.1 Å². The number of carboxylic acids is 1. The fourth-order valence-electron chi connectivity index (χ4n) is 4.98. The van der Waals surface area contributed by atoms with Gasteiger partial charge in [-0.25, -0.2) is 4.39 Å². The van der Waals surface area contributed by atoms with E-state index in [2.05, 4.69) is 28.1 Å². The molecule has 6 nitrogen and oxygen atoms in total. The van der Waals surface area contributed by atoms with E-state index in [1.54, 1.807) is 30.3 Å². The molecule has 0 bridgehead atoms. The van der Waals surface area contributed by atoms with Crippen LogP contribution in [0, 0.1) is 5.82 Å². The van der Waals surface area contributed by atoms with E-state index in [0.717, 1.165) is 33.2 Å². The molecule has 7 heteroatoms. The topological polar surface area (TPSA) is 80.6 Å². The Labute approximate surface area is 243 Å². The van der Waals surface area contributed by atoms with Gasteiger partial charge in [0.2, 0.25) is 5.91 Å². The molecule has 5 rings (SSSR count). The highest BCUT2D eigenvalue weighted by atomic mass is 19.1. The van der Waals surface area contributed by atoms with Crippen molar-refractivity contribution in [2.24, 2.45) is 0 Å². The zero-order valence-electron chi connectivity index (χ0n) is 23.2. The molecule has 4 aromatic carbocycles. The van der Waals surface area contributed by atoms with Gasteiger partial charge >= 0.3 is 5.97 Å². The van der Waals surface area contributed by atoms with Gasteiger partial charge in [0, 0.05) is 29.6 Å². The van der Waals surface area contributed by atoms with Crippen molar-refractivity contribution in [2.45, 2.75) is 25.8 Å². The maximum Gasteiger partial charge on any atom is 0.303 e. The molecule has 212 valence electrons. The van der Waals surface area contributed by atoms with Gasteiger partial charge in [0.15, 0.2) is 0 Å². The van der Waals surface area contributed by atoms with Crippen LogP contribution in [-0.4, -0.2) is 28.2 Å². The molecular formula is C35H31FN2O4. The molecule has 1 unspecified atom stereocenters. The smallest absolute Gasteiger partial charge is 0.303 e. The van der Waals surface area contributed by atoms with Crippen molar-refractivity contribution in [1.29, 1.82) is 0 Å². The van der Waals surface area contributed by atoms with Gasteiger partial charge in [0.1, 0.15) is 11.6 Å². The molecule has 0 saturated carbocycles. The zero-order chi connectivity index (χ0) is 29.5. The lowest BCUT2D eigenvalue weighted by Crippen LogP contribution is -2.11. The molecule has 0 radical (unpaired) electrons. The molecule has 1 amide bonds. The molecule has 1 heterocycles. The number of anilines is 1. The number of hydrogen-bond acceptors (Lipinski definition) is 3. The summed E-state index contributed by atoms with van der Waals surface area (Å²) in [5.41, 5.74) is 5.30. The van der Waals surface area contributed by atoms with Crippen LogP contribution < -0.4 is 10.1 Å². The first-order chi connectivity index (χ1) is 20.4. The quantitative estimate of drug-likeness (QED) is 0.128. The van der Waals surface area contributed by atoms with Gasteiger partial charge in [-0.15, -0.1) is 0 Å². The Morgan fingerprint density at radius 1 is 0.929 bits per heavy atom. The number of nitrogens with one attached hydrogen (secondary N) is 1. The SMILES string of the molecule is C/C(=C\C(=O)Nc1ccccc1OCCCC(=O)O)c1ccc2c(ccn2C(c2ccccc2)c2ccc(F)cc2)c1. The molecule has 0 spiro atoms. The fraction of sp³-hybridized carbons (Fsp3) is 0.143. The van der Waals surface area contributed by atoms with Crippen LogP contribution in [0.15, 0.2) is 115 Å². The molecule has 0 aliphatic heterocycles. The summed E-state index contributed by atoms with van der Waals surface area (Å²) in [6, 6.07) is 31.8. The Morgan fingerprint density at radius 3 is 2.40 bits per heavy atom. The molecule has 0 saturated heterocycles. The summed E-state index contributed by atoms with van der Waals surface area (Å²) < 4.78 is 21.6. The third kappa shape index (κ3) is 6.75. The summed E-state index contributed by atoms with van der Waals surface area (Å²) in [5, 5.41) is 12.7. The summed E-state index contributed by atoms with van der Waals surface area (Å²) in [5.74, 6) is -0.962. The second-order valence-corrected chi connectivity index (χ2v) is 10.0. The van der Waals surface area contributed by atoms with E-state index in [0.29, 0.717) is 17.9 Å². The first kappa shape index (κ1) is 28.4. The lowest BCUT2D eigenvalue weighted by molar-refractivity contribution is -0.137. The number of allylic oxidation sites excluding steroid dienone is 1. The number of carbonyl (C=O) groups excluding carboxylic acids is 1. The van der Waals surface area contributed by atoms with Crippen molar-refractivity contribution in [3.63, 3.8) is 0 Å². The second-order valence-electron chi connectivity index (χ2n) is 10.0. The first-order valence-corrected chi connectivity index (χ1v) is 13.7. The number of ether oxygens (including phenoxy) is 1. The first-order valence-electron chi connectivity index (χ1n) is 13.7. The molecular weight excluding hydrogens is 531 g/mol. The minimum absolute atomic E-state index is 0.0172. The number of amides is 1. The zero-order valence-corrected chi connectivity index (χ0v) is 23.2. The number of aliphatic carboxylic acids is 1. The maximum atomic E-state index is 13.7. The molecule has 0 aliphatic carbocycles. The van der Waals surface area contributed by atoms with Crippen LogP contribution in [0.4, 0.5) is 10.1 Å². The van der Waals surface area contributed by atoms with Crippen LogP contribution in [0.3, 0.4) is 0 Å². The van der Waals surface area contributed by atoms with Crippen LogP contribution in [-0.2, 0) is 9.59 Å². The van der Waals surface area contributed by atoms with Gasteiger partial charge in [-0.1, -0.05) is 60.7 Å². The third-order valence-corrected chi connectivity index (χ3v) is 7.04. The molecule has 5 aromatic rings. The third-order valence-electron chi connectivity index (χ3n) is 7.04. The van der Waals surface area contributed by atoms with Gasteiger partial charge in [-0.3, -0.25) is 9.59 Å². The van der Waals surface area contributed by atoms with Crippen LogP contribution in [0.5, 0.6) is 5.75 Å². The molecule has 0 aliphatic rings. The van der Waals surface area contributed by atoms with Gasteiger partial charge in [0.25, 0.3) is 0 Å². The summed E-state index contributed by atoms with van der Waals surface area (Å²) in [6.45, 7) is 2.12. The Morgan fingerprint density at radius 2 is 1.64 bits per heavy atom. The number of carbonyl (C=O) groups is 2. The predicted molar refractivity (Wildman–Crippen MR) is 163 cm³/mol. The monoisotopic (exact) mass is 562 g/mol. The van der Waals surface area contributed by atoms with Gasteiger partial charge in [-0.2, -0.15) is 0 Å². The van der Waals surface area contributed by atoms with Crippen molar-refractivity contribution in [3.8, 4) is 5.75 Å². The highest BCUT2D eigenvalue weighted by molar-refractivity contribution is 6.05. The number of fused-ring (bicyclic) bond motifs is 1. The standard InChI is InChI=1S/C35H31FN2O4/c1-24(22-33(39)37-30-10-5-6-11-32(30)42-21-7-12-34(40)41)27-15-18-31-28(23-27)19-20-38(31)35(25-8-3-2-4-9-25)26-13-16-29(36)17-14-26/h2-6,8-11,13-20,22-23,35H,7,12,21H2,1H3,(H,37,39)(H,40,41)/b24-22+. The van der Waals surface area contributed by atoms with E-state index in [9.17, 15) is 14.0 Å². The number of aromatic nitrogens is 1. The van der Waals surface area contributed by atoms with E-state index >= 15 is 0 Å². The second kappa shape index (κ2) is 13.0. The Hall–Kier alpha value is -5.17. The van der Waals surface area contributed by atoms with Gasteiger partial charge < -0.3 is 19.7 Å². The van der Waals surface area contributed by atoms with Gasteiger partial charge in [-0.05, 0) is 78.1 Å². The lowest BCUT2D eigenvalue weighted by Gasteiger charge is -2.22. The highest BCUT2D eigenvalue weighted by Crippen LogP contribution is 2.32.